The molecule has 0 aliphatic heterocycles. The van der Waals surface area contributed by atoms with Gasteiger partial charge in [-0.1, -0.05) is 12.1 Å². The zero-order valence-corrected chi connectivity index (χ0v) is 11.2. The fraction of sp³-hybridized carbons (Fsp3) is 0.333. The molecule has 0 amide bonds. The molecule has 19 heavy (non-hydrogen) atoms. The zero-order chi connectivity index (χ0) is 13.7. The molecule has 0 saturated carbocycles. The Kier molecular flexibility index (Phi) is 4.47. The normalized spacial score (nSPS) is 10.7. The van der Waals surface area contributed by atoms with Gasteiger partial charge in [0.25, 0.3) is 0 Å². The summed E-state index contributed by atoms with van der Waals surface area (Å²) in [5.74, 6) is 2.18. The van der Waals surface area contributed by atoms with Gasteiger partial charge in [0.1, 0.15) is 23.9 Å². The number of furan rings is 1. The zero-order valence-electron chi connectivity index (χ0n) is 11.2. The largest absolute Gasteiger partial charge is 0.489 e. The summed E-state index contributed by atoms with van der Waals surface area (Å²) < 4.78 is 11.1. The Labute approximate surface area is 113 Å². The molecule has 4 heteroatoms. The van der Waals surface area contributed by atoms with Crippen LogP contribution in [-0.2, 0) is 13.2 Å². The third-order valence-corrected chi connectivity index (χ3v) is 2.58. The van der Waals surface area contributed by atoms with E-state index in [1.165, 1.54) is 0 Å². The highest BCUT2D eigenvalue weighted by molar-refractivity contribution is 5.56. The van der Waals surface area contributed by atoms with E-state index in [2.05, 4.69) is 5.32 Å². The minimum atomic E-state index is -0.0763. The van der Waals surface area contributed by atoms with Crippen molar-refractivity contribution in [2.45, 2.75) is 33.1 Å². The average Bonchev–Trinajstić information content (AvgIpc) is 2.85. The highest BCUT2D eigenvalue weighted by Crippen LogP contribution is 2.25. The van der Waals surface area contributed by atoms with Crippen molar-refractivity contribution in [3.8, 4) is 5.75 Å². The van der Waals surface area contributed by atoms with E-state index in [0.717, 1.165) is 17.2 Å². The number of aliphatic hydroxyl groups is 1. The molecule has 2 N–H and O–H groups in total. The van der Waals surface area contributed by atoms with Gasteiger partial charge in [-0.3, -0.25) is 0 Å². The van der Waals surface area contributed by atoms with E-state index in [0.29, 0.717) is 12.3 Å². The van der Waals surface area contributed by atoms with Crippen LogP contribution in [0.1, 0.15) is 25.4 Å². The Hall–Kier alpha value is -1.94. The number of hydrogen-bond donors (Lipinski definition) is 2. The molecule has 0 radical (unpaired) electrons. The van der Waals surface area contributed by atoms with Gasteiger partial charge < -0.3 is 19.6 Å². The molecule has 0 fully saturated rings. The van der Waals surface area contributed by atoms with Crippen molar-refractivity contribution in [2.24, 2.45) is 0 Å². The lowest BCUT2D eigenvalue weighted by Crippen LogP contribution is -2.08. The smallest absolute Gasteiger partial charge is 0.142 e. The number of nitrogens with one attached hydrogen (secondary N) is 1. The van der Waals surface area contributed by atoms with Crippen LogP contribution in [0, 0.1) is 0 Å². The first-order valence-electron chi connectivity index (χ1n) is 6.37. The third kappa shape index (κ3) is 3.76. The van der Waals surface area contributed by atoms with Crippen molar-refractivity contribution in [3.63, 3.8) is 0 Å². The molecule has 0 unspecified atom stereocenters. The minimum Gasteiger partial charge on any atom is -0.489 e. The fourth-order valence-corrected chi connectivity index (χ4v) is 1.75. The second-order valence-corrected chi connectivity index (χ2v) is 4.54. The van der Waals surface area contributed by atoms with Gasteiger partial charge in [0.05, 0.1) is 18.3 Å². The average molecular weight is 261 g/mol. The van der Waals surface area contributed by atoms with E-state index in [1.54, 1.807) is 6.07 Å². The number of rotatable bonds is 6. The molecule has 1 aromatic heterocycles. The predicted octanol–water partition coefficient (Wildman–Crippen LogP) is 3.17. The van der Waals surface area contributed by atoms with E-state index >= 15 is 0 Å². The summed E-state index contributed by atoms with van der Waals surface area (Å²) in [5.41, 5.74) is 0.929. The van der Waals surface area contributed by atoms with Crippen LogP contribution in [0.3, 0.4) is 0 Å². The lowest BCUT2D eigenvalue weighted by Gasteiger charge is -2.14. The van der Waals surface area contributed by atoms with Gasteiger partial charge in [-0.05, 0) is 38.1 Å². The van der Waals surface area contributed by atoms with Gasteiger partial charge in [-0.2, -0.15) is 0 Å². The van der Waals surface area contributed by atoms with Gasteiger partial charge in [0.2, 0.25) is 0 Å². The van der Waals surface area contributed by atoms with E-state index in [9.17, 15) is 0 Å². The molecule has 1 aromatic carbocycles. The summed E-state index contributed by atoms with van der Waals surface area (Å²) >= 11 is 0. The first-order chi connectivity index (χ1) is 9.19. The van der Waals surface area contributed by atoms with Crippen LogP contribution in [0.25, 0.3) is 0 Å². The molecule has 0 spiro atoms. The van der Waals surface area contributed by atoms with Gasteiger partial charge in [-0.15, -0.1) is 0 Å². The molecular weight excluding hydrogens is 242 g/mol. The van der Waals surface area contributed by atoms with Crippen LogP contribution in [-0.4, -0.2) is 11.2 Å². The summed E-state index contributed by atoms with van der Waals surface area (Å²) in [5, 5.41) is 12.2. The van der Waals surface area contributed by atoms with E-state index in [1.807, 2.05) is 44.2 Å². The van der Waals surface area contributed by atoms with E-state index in [-0.39, 0.29) is 12.7 Å². The second kappa shape index (κ2) is 6.29. The first kappa shape index (κ1) is 13.5. The highest BCUT2D eigenvalue weighted by atomic mass is 16.5. The lowest BCUT2D eigenvalue weighted by atomic mass is 10.3. The summed E-state index contributed by atoms with van der Waals surface area (Å²) in [7, 11) is 0. The SMILES string of the molecule is CC(C)Oc1ccccc1NCc1ccc(CO)o1. The van der Waals surface area contributed by atoms with Crippen molar-refractivity contribution in [3.05, 3.63) is 47.9 Å². The molecule has 0 aliphatic rings. The van der Waals surface area contributed by atoms with Gasteiger partial charge in [0.15, 0.2) is 0 Å². The highest BCUT2D eigenvalue weighted by Gasteiger charge is 2.06. The van der Waals surface area contributed by atoms with Crippen molar-refractivity contribution in [2.75, 3.05) is 5.32 Å². The summed E-state index contributed by atoms with van der Waals surface area (Å²) in [6, 6.07) is 11.4. The Morgan fingerprint density at radius 1 is 1.16 bits per heavy atom. The van der Waals surface area contributed by atoms with Crippen LogP contribution in [0.4, 0.5) is 5.69 Å². The lowest BCUT2D eigenvalue weighted by molar-refractivity contribution is 0.242. The summed E-state index contributed by atoms with van der Waals surface area (Å²) in [6.45, 7) is 4.47. The van der Waals surface area contributed by atoms with Crippen molar-refractivity contribution < 1.29 is 14.3 Å². The molecule has 0 aliphatic carbocycles. The van der Waals surface area contributed by atoms with Crippen LogP contribution in [0.5, 0.6) is 5.75 Å². The monoisotopic (exact) mass is 261 g/mol. The van der Waals surface area contributed by atoms with Gasteiger partial charge in [0, 0.05) is 0 Å². The Morgan fingerprint density at radius 2 is 1.89 bits per heavy atom. The molecule has 0 saturated heterocycles. The summed E-state index contributed by atoms with van der Waals surface area (Å²) in [4.78, 5) is 0. The van der Waals surface area contributed by atoms with Crippen LogP contribution >= 0.6 is 0 Å². The standard InChI is InChI=1S/C15H19NO3/c1-11(2)18-15-6-4-3-5-14(15)16-9-12-7-8-13(10-17)19-12/h3-8,11,16-17H,9-10H2,1-2H3. The second-order valence-electron chi connectivity index (χ2n) is 4.54. The van der Waals surface area contributed by atoms with Crippen LogP contribution < -0.4 is 10.1 Å². The maximum Gasteiger partial charge on any atom is 0.142 e. The van der Waals surface area contributed by atoms with Crippen molar-refractivity contribution >= 4 is 5.69 Å². The minimum absolute atomic E-state index is 0.0763. The maximum atomic E-state index is 8.95. The Morgan fingerprint density at radius 3 is 2.58 bits per heavy atom. The first-order valence-corrected chi connectivity index (χ1v) is 6.37. The number of hydrogen-bond acceptors (Lipinski definition) is 4. The molecule has 0 bridgehead atoms. The number of para-hydroxylation sites is 2. The Balaban J connectivity index is 2.02. The molecule has 2 aromatic rings. The molecule has 102 valence electrons. The summed E-state index contributed by atoms with van der Waals surface area (Å²) in [6.07, 6.45) is 0.132. The van der Waals surface area contributed by atoms with Gasteiger partial charge >= 0.3 is 0 Å². The van der Waals surface area contributed by atoms with E-state index < -0.39 is 0 Å². The molecule has 0 atom stereocenters. The third-order valence-electron chi connectivity index (χ3n) is 2.58. The molecule has 1 heterocycles. The topological polar surface area (TPSA) is 54.6 Å². The number of ether oxygens (including phenoxy) is 1. The number of anilines is 1. The van der Waals surface area contributed by atoms with Crippen LogP contribution in [0.2, 0.25) is 0 Å². The predicted molar refractivity (Wildman–Crippen MR) is 74.2 cm³/mol. The maximum absolute atomic E-state index is 8.95. The quantitative estimate of drug-likeness (QED) is 0.838. The number of benzene rings is 1. The molecule has 4 nitrogen and oxygen atoms in total. The fourth-order valence-electron chi connectivity index (χ4n) is 1.75. The van der Waals surface area contributed by atoms with E-state index in [4.69, 9.17) is 14.3 Å². The van der Waals surface area contributed by atoms with Crippen molar-refractivity contribution in [1.29, 1.82) is 0 Å². The molecule has 2 rings (SSSR count). The van der Waals surface area contributed by atoms with Crippen molar-refractivity contribution in [1.82, 2.24) is 0 Å². The van der Waals surface area contributed by atoms with Gasteiger partial charge in [-0.25, -0.2) is 0 Å². The molecular formula is C15H19NO3. The number of aliphatic hydroxyl groups excluding tert-OH is 1. The Bertz CT molecular complexity index is 520. The van der Waals surface area contributed by atoms with Crippen LogP contribution in [0.15, 0.2) is 40.8 Å².